The van der Waals surface area contributed by atoms with Crippen molar-refractivity contribution in [2.75, 3.05) is 6.58 Å². The summed E-state index contributed by atoms with van der Waals surface area (Å²) in [5.74, 6) is 0. The van der Waals surface area contributed by atoms with Crippen LogP contribution in [0, 0.1) is 0 Å². The third kappa shape index (κ3) is 1.58. The van der Waals surface area contributed by atoms with E-state index in [4.69, 9.17) is 17.3 Å². The molecular weight excluding hydrogens is 166 g/mol. The Kier molecular flexibility index (Phi) is 2.54. The normalized spacial score (nSPS) is 53.1. The average molecular weight is 180 g/mol. The zero-order valence-corrected chi connectivity index (χ0v) is 6.24. The van der Waals surface area contributed by atoms with Gasteiger partial charge in [0.25, 0.3) is 0 Å². The van der Waals surface area contributed by atoms with Crippen LogP contribution < -0.4 is 5.73 Å². The molecule has 0 saturated carbocycles. The molecule has 0 amide bonds. The molecule has 0 bridgehead atoms. The minimum Gasteiger partial charge on any atom is -0.394 e. The molecule has 6 nitrogen and oxygen atoms in total. The Morgan fingerprint density at radius 3 is 2.42 bits per heavy atom. The summed E-state index contributed by atoms with van der Waals surface area (Å²) in [6.45, 7) is -1.73. The molecule has 6 heteroatoms. The van der Waals surface area contributed by atoms with Crippen molar-refractivity contribution in [2.45, 2.75) is 30.6 Å². The minimum atomic E-state index is -1.73. The first kappa shape index (κ1) is 8.36. The smallest absolute Gasteiger partial charge is 0.173 e. The second kappa shape index (κ2) is 3.65. The molecule has 0 aromatic rings. The fraction of sp³-hybridized carbons (Fsp3) is 1.00. The van der Waals surface area contributed by atoms with Crippen molar-refractivity contribution in [3.63, 3.8) is 0 Å². The van der Waals surface area contributed by atoms with Gasteiger partial charge in [0, 0.05) is 0 Å². The fourth-order valence-corrected chi connectivity index (χ4v) is 1.05. The number of ether oxygens (including phenoxy) is 1. The van der Waals surface area contributed by atoms with Gasteiger partial charge in [0.2, 0.25) is 0 Å². The third-order valence-corrected chi connectivity index (χ3v) is 1.85. The Morgan fingerprint density at radius 1 is 1.33 bits per heavy atom. The van der Waals surface area contributed by atoms with Gasteiger partial charge in [0.05, 0.1) is 14.0 Å². The van der Waals surface area contributed by atoms with Crippen molar-refractivity contribution in [1.29, 1.82) is 0 Å². The molecule has 1 rings (SSSR count). The second-order valence-corrected chi connectivity index (χ2v) is 2.70. The number of rotatable bonds is 1. The molecule has 1 saturated heterocycles. The van der Waals surface area contributed by atoms with Gasteiger partial charge in [-0.25, -0.2) is 0 Å². The zero-order valence-electron chi connectivity index (χ0n) is 7.24. The van der Waals surface area contributed by atoms with E-state index in [1.165, 1.54) is 0 Å². The molecule has 6 atom stereocenters. The van der Waals surface area contributed by atoms with Gasteiger partial charge >= 0.3 is 0 Å². The lowest BCUT2D eigenvalue weighted by atomic mass is 9.98. The van der Waals surface area contributed by atoms with E-state index in [0.717, 1.165) is 0 Å². The van der Waals surface area contributed by atoms with E-state index >= 15 is 0 Å². The minimum absolute atomic E-state index is 1.13. The van der Waals surface area contributed by atoms with Crippen molar-refractivity contribution in [3.05, 3.63) is 0 Å². The Hall–Kier alpha value is -0.240. The lowest BCUT2D eigenvalue weighted by Gasteiger charge is -2.38. The summed E-state index contributed by atoms with van der Waals surface area (Å²) in [5.41, 5.74) is 5.25. The lowest BCUT2D eigenvalue weighted by molar-refractivity contribution is -0.248. The van der Waals surface area contributed by atoms with Crippen molar-refractivity contribution < 1.29 is 26.5 Å². The highest BCUT2D eigenvalue weighted by molar-refractivity contribution is 4.90. The first-order valence-corrected chi connectivity index (χ1v) is 3.50. The van der Waals surface area contributed by atoms with Gasteiger partial charge in [0.1, 0.15) is 18.3 Å². The van der Waals surface area contributed by atoms with Crippen molar-refractivity contribution in [3.8, 4) is 0 Å². The van der Waals surface area contributed by atoms with Crippen LogP contribution in [0.25, 0.3) is 0 Å². The van der Waals surface area contributed by atoms with Crippen LogP contribution in [-0.2, 0) is 4.74 Å². The molecule has 1 aliphatic heterocycles. The van der Waals surface area contributed by atoms with E-state index in [1.807, 2.05) is 0 Å². The Labute approximate surface area is 70.6 Å². The molecule has 0 aromatic carbocycles. The SMILES string of the molecule is [2H]C(O)[C@H]1OC(O)[C@H](N)[C@@H](O)[C@H]1O. The topological polar surface area (TPSA) is 116 Å². The summed E-state index contributed by atoms with van der Waals surface area (Å²) < 4.78 is 11.5. The summed E-state index contributed by atoms with van der Waals surface area (Å²) in [4.78, 5) is 0. The van der Waals surface area contributed by atoms with E-state index in [9.17, 15) is 10.2 Å². The van der Waals surface area contributed by atoms with Crippen LogP contribution in [0.3, 0.4) is 0 Å². The van der Waals surface area contributed by atoms with Crippen LogP contribution in [0.5, 0.6) is 0 Å². The third-order valence-electron chi connectivity index (χ3n) is 1.85. The average Bonchev–Trinajstić information content (AvgIpc) is 2.07. The molecule has 0 radical (unpaired) electrons. The van der Waals surface area contributed by atoms with Gasteiger partial charge in [-0.05, 0) is 0 Å². The van der Waals surface area contributed by atoms with Crippen molar-refractivity contribution in [2.24, 2.45) is 5.73 Å². The van der Waals surface area contributed by atoms with Crippen molar-refractivity contribution in [1.82, 2.24) is 0 Å². The number of nitrogens with two attached hydrogens (primary N) is 1. The highest BCUT2D eigenvalue weighted by Gasteiger charge is 2.41. The molecule has 72 valence electrons. The molecule has 6 N–H and O–H groups in total. The Balaban J connectivity index is 2.70. The molecule has 2 unspecified atom stereocenters. The van der Waals surface area contributed by atoms with Crippen LogP contribution in [-0.4, -0.2) is 57.7 Å². The summed E-state index contributed by atoms with van der Waals surface area (Å²) in [7, 11) is 0. The van der Waals surface area contributed by atoms with Crippen molar-refractivity contribution >= 4 is 0 Å². The largest absolute Gasteiger partial charge is 0.394 e. The highest BCUT2D eigenvalue weighted by atomic mass is 16.6. The first-order chi connectivity index (χ1) is 5.95. The Bertz CT molecular complexity index is 180. The van der Waals surface area contributed by atoms with Crippen LogP contribution in [0.4, 0.5) is 0 Å². The quantitative estimate of drug-likeness (QED) is 0.289. The maximum Gasteiger partial charge on any atom is 0.173 e. The molecule has 0 aliphatic carbocycles. The summed E-state index contributed by atoms with van der Waals surface area (Å²) >= 11 is 0. The summed E-state index contributed by atoms with van der Waals surface area (Å²) in [6, 6.07) is -1.13. The van der Waals surface area contributed by atoms with E-state index in [-0.39, 0.29) is 0 Å². The predicted octanol–water partition coefficient (Wildman–Crippen LogP) is -3.26. The molecule has 0 aromatic heterocycles. The lowest BCUT2D eigenvalue weighted by Crippen LogP contribution is -2.61. The van der Waals surface area contributed by atoms with Gasteiger partial charge in [-0.1, -0.05) is 0 Å². The summed E-state index contributed by atoms with van der Waals surface area (Å²) in [5, 5.41) is 36.3. The molecule has 1 fully saturated rings. The van der Waals surface area contributed by atoms with Gasteiger partial charge < -0.3 is 30.9 Å². The molecule has 0 spiro atoms. The standard InChI is InChI=1S/C6H13NO5/c7-3-5(10)4(9)2(1-8)12-6(3)11/h2-6,8-11H,1,7H2/t2-,3-,4+,5-,6?/m1/s1/i1D/t1?,2-,3-,4+,5-,6?. The van der Waals surface area contributed by atoms with E-state index in [2.05, 4.69) is 4.74 Å². The number of aliphatic hydroxyl groups excluding tert-OH is 4. The van der Waals surface area contributed by atoms with Gasteiger partial charge in [-0.2, -0.15) is 0 Å². The van der Waals surface area contributed by atoms with E-state index < -0.39 is 37.2 Å². The number of aliphatic hydroxyl groups is 4. The number of hydrogen-bond donors (Lipinski definition) is 5. The van der Waals surface area contributed by atoms with Gasteiger partial charge in [-0.3, -0.25) is 0 Å². The first-order valence-electron chi connectivity index (χ1n) is 4.08. The monoisotopic (exact) mass is 180 g/mol. The molecular formula is C6H13NO5. The number of hydrogen-bond acceptors (Lipinski definition) is 6. The van der Waals surface area contributed by atoms with Crippen LogP contribution in [0.15, 0.2) is 0 Å². The molecule has 1 heterocycles. The van der Waals surface area contributed by atoms with Gasteiger partial charge in [-0.15, -0.1) is 0 Å². The second-order valence-electron chi connectivity index (χ2n) is 2.70. The van der Waals surface area contributed by atoms with Crippen LogP contribution in [0.2, 0.25) is 0 Å². The molecule has 1 aliphatic rings. The fourth-order valence-electron chi connectivity index (χ4n) is 1.05. The maximum absolute atomic E-state index is 9.25. The zero-order chi connectivity index (χ0) is 10.2. The molecule has 12 heavy (non-hydrogen) atoms. The summed E-state index contributed by atoms with van der Waals surface area (Å²) in [6.07, 6.45) is -5.70. The van der Waals surface area contributed by atoms with E-state index in [0.29, 0.717) is 0 Å². The highest BCUT2D eigenvalue weighted by Crippen LogP contribution is 2.17. The predicted molar refractivity (Wildman–Crippen MR) is 38.0 cm³/mol. The van der Waals surface area contributed by atoms with Crippen LogP contribution in [0.1, 0.15) is 1.37 Å². The van der Waals surface area contributed by atoms with Gasteiger partial charge in [0.15, 0.2) is 6.29 Å². The maximum atomic E-state index is 9.25. The van der Waals surface area contributed by atoms with E-state index in [1.54, 1.807) is 0 Å². The Morgan fingerprint density at radius 2 is 1.92 bits per heavy atom. The van der Waals surface area contributed by atoms with Crippen LogP contribution >= 0.6 is 0 Å².